The first kappa shape index (κ1) is 21.3. The molecule has 0 aromatic heterocycles. The van der Waals surface area contributed by atoms with Gasteiger partial charge < -0.3 is 5.32 Å². The first-order valence-electron chi connectivity index (χ1n) is 11.0. The van der Waals surface area contributed by atoms with Crippen molar-refractivity contribution in [2.24, 2.45) is 5.92 Å². The van der Waals surface area contributed by atoms with Gasteiger partial charge in [0, 0.05) is 24.2 Å². The zero-order valence-corrected chi connectivity index (χ0v) is 17.8. The molecule has 0 atom stereocenters. The minimum absolute atomic E-state index is 0.184. The van der Waals surface area contributed by atoms with Gasteiger partial charge in [0.25, 0.3) is 5.91 Å². The highest BCUT2D eigenvalue weighted by atomic mass is 19.1. The van der Waals surface area contributed by atoms with Crippen molar-refractivity contribution < 1.29 is 9.18 Å². The Morgan fingerprint density at radius 1 is 0.871 bits per heavy atom. The molecule has 0 aliphatic carbocycles. The SMILES string of the molecule is O=C(NCc1ccccc1F)c1ccc(CN2CCC(Cc3ccccc3)CC2)cc1. The van der Waals surface area contributed by atoms with Crippen LogP contribution < -0.4 is 5.32 Å². The first-order chi connectivity index (χ1) is 15.2. The molecule has 4 rings (SSSR count). The van der Waals surface area contributed by atoms with Crippen LogP contribution in [0.5, 0.6) is 0 Å². The van der Waals surface area contributed by atoms with Crippen molar-refractivity contribution in [3.63, 3.8) is 0 Å². The van der Waals surface area contributed by atoms with Gasteiger partial charge in [-0.15, -0.1) is 0 Å². The number of hydrogen-bond donors (Lipinski definition) is 1. The molecular weight excluding hydrogens is 387 g/mol. The van der Waals surface area contributed by atoms with Crippen LogP contribution in [0.15, 0.2) is 78.9 Å². The molecule has 3 aromatic carbocycles. The summed E-state index contributed by atoms with van der Waals surface area (Å²) in [7, 11) is 0. The van der Waals surface area contributed by atoms with Gasteiger partial charge in [-0.1, -0.05) is 60.7 Å². The smallest absolute Gasteiger partial charge is 0.251 e. The Morgan fingerprint density at radius 3 is 2.26 bits per heavy atom. The van der Waals surface area contributed by atoms with Crippen molar-refractivity contribution in [1.29, 1.82) is 0 Å². The number of halogens is 1. The Kier molecular flexibility index (Phi) is 7.11. The lowest BCUT2D eigenvalue weighted by atomic mass is 9.90. The lowest BCUT2D eigenvalue weighted by molar-refractivity contribution is 0.0950. The minimum Gasteiger partial charge on any atom is -0.348 e. The van der Waals surface area contributed by atoms with Gasteiger partial charge in [0.15, 0.2) is 0 Å². The van der Waals surface area contributed by atoms with Crippen LogP contribution in [-0.4, -0.2) is 23.9 Å². The van der Waals surface area contributed by atoms with Crippen molar-refractivity contribution in [1.82, 2.24) is 10.2 Å². The van der Waals surface area contributed by atoms with E-state index in [-0.39, 0.29) is 18.3 Å². The number of carbonyl (C=O) groups excluding carboxylic acids is 1. The lowest BCUT2D eigenvalue weighted by Crippen LogP contribution is -2.33. The summed E-state index contributed by atoms with van der Waals surface area (Å²) in [5.74, 6) is 0.279. The summed E-state index contributed by atoms with van der Waals surface area (Å²) in [6.45, 7) is 3.32. The maximum atomic E-state index is 13.7. The summed E-state index contributed by atoms with van der Waals surface area (Å²) in [6.07, 6.45) is 3.63. The summed E-state index contributed by atoms with van der Waals surface area (Å²) in [5.41, 5.74) is 3.74. The number of nitrogens with one attached hydrogen (secondary N) is 1. The monoisotopic (exact) mass is 416 g/mol. The van der Waals surface area contributed by atoms with Gasteiger partial charge in [0.2, 0.25) is 0 Å². The number of hydrogen-bond acceptors (Lipinski definition) is 2. The van der Waals surface area contributed by atoms with Crippen molar-refractivity contribution in [2.75, 3.05) is 13.1 Å². The molecule has 1 saturated heterocycles. The number of amides is 1. The normalized spacial score (nSPS) is 15.0. The molecule has 0 unspecified atom stereocenters. The third-order valence-electron chi connectivity index (χ3n) is 6.09. The maximum Gasteiger partial charge on any atom is 0.251 e. The summed E-state index contributed by atoms with van der Waals surface area (Å²) in [4.78, 5) is 14.9. The van der Waals surface area contributed by atoms with E-state index < -0.39 is 0 Å². The van der Waals surface area contributed by atoms with Crippen LogP contribution in [0.25, 0.3) is 0 Å². The Hall–Kier alpha value is -2.98. The number of benzene rings is 3. The molecule has 1 fully saturated rings. The van der Waals surface area contributed by atoms with E-state index in [1.165, 1.54) is 36.5 Å². The highest BCUT2D eigenvalue weighted by Crippen LogP contribution is 2.23. The molecule has 3 aromatic rings. The molecule has 1 N–H and O–H groups in total. The molecule has 4 heteroatoms. The topological polar surface area (TPSA) is 32.3 Å². The second kappa shape index (κ2) is 10.4. The van der Waals surface area contributed by atoms with Gasteiger partial charge in [0.1, 0.15) is 5.82 Å². The average Bonchev–Trinajstić information content (AvgIpc) is 2.81. The highest BCUT2D eigenvalue weighted by Gasteiger charge is 2.19. The predicted molar refractivity (Wildman–Crippen MR) is 122 cm³/mol. The molecule has 0 spiro atoms. The molecule has 0 radical (unpaired) electrons. The maximum absolute atomic E-state index is 13.7. The molecule has 1 amide bonds. The molecule has 1 heterocycles. The van der Waals surface area contributed by atoms with Crippen LogP contribution in [0.2, 0.25) is 0 Å². The zero-order chi connectivity index (χ0) is 21.5. The van der Waals surface area contributed by atoms with Gasteiger partial charge in [-0.2, -0.15) is 0 Å². The van der Waals surface area contributed by atoms with E-state index >= 15 is 0 Å². The van der Waals surface area contributed by atoms with Gasteiger partial charge in [-0.25, -0.2) is 4.39 Å². The van der Waals surface area contributed by atoms with E-state index in [0.29, 0.717) is 11.1 Å². The van der Waals surface area contributed by atoms with Gasteiger partial charge in [-0.05, 0) is 67.6 Å². The number of likely N-dealkylation sites (tertiary alicyclic amines) is 1. The molecule has 0 saturated carbocycles. The Bertz CT molecular complexity index is 980. The number of piperidine rings is 1. The molecular formula is C27H29FN2O. The van der Waals surface area contributed by atoms with Gasteiger partial charge in [-0.3, -0.25) is 9.69 Å². The molecule has 31 heavy (non-hydrogen) atoms. The standard InChI is InChI=1S/C27H29FN2O/c28-26-9-5-4-8-25(26)19-29-27(31)24-12-10-23(11-13-24)20-30-16-14-22(15-17-30)18-21-6-2-1-3-7-21/h1-13,22H,14-20H2,(H,29,31). The van der Waals surface area contributed by atoms with E-state index in [1.807, 2.05) is 24.3 Å². The fourth-order valence-corrected chi connectivity index (χ4v) is 4.24. The van der Waals surface area contributed by atoms with Crippen LogP contribution >= 0.6 is 0 Å². The highest BCUT2D eigenvalue weighted by molar-refractivity contribution is 5.94. The van der Waals surface area contributed by atoms with Gasteiger partial charge >= 0.3 is 0 Å². The van der Waals surface area contributed by atoms with E-state index in [4.69, 9.17) is 0 Å². The summed E-state index contributed by atoms with van der Waals surface area (Å²) in [5, 5.41) is 2.79. The lowest BCUT2D eigenvalue weighted by Gasteiger charge is -2.32. The third kappa shape index (κ3) is 6.02. The van der Waals surface area contributed by atoms with Crippen molar-refractivity contribution >= 4 is 5.91 Å². The quantitative estimate of drug-likeness (QED) is 0.573. The number of rotatable bonds is 7. The second-order valence-electron chi connectivity index (χ2n) is 8.38. The van der Waals surface area contributed by atoms with Gasteiger partial charge in [0.05, 0.1) is 0 Å². The second-order valence-corrected chi connectivity index (χ2v) is 8.38. The van der Waals surface area contributed by atoms with Crippen molar-refractivity contribution in [2.45, 2.75) is 32.4 Å². The zero-order valence-electron chi connectivity index (χ0n) is 17.8. The van der Waals surface area contributed by atoms with E-state index in [0.717, 1.165) is 25.6 Å². The van der Waals surface area contributed by atoms with Crippen molar-refractivity contribution in [3.05, 3.63) is 107 Å². The third-order valence-corrected chi connectivity index (χ3v) is 6.09. The fraction of sp³-hybridized carbons (Fsp3) is 0.296. The van der Waals surface area contributed by atoms with Crippen molar-refractivity contribution in [3.8, 4) is 0 Å². The summed E-state index contributed by atoms with van der Waals surface area (Å²) < 4.78 is 13.7. The summed E-state index contributed by atoms with van der Waals surface area (Å²) >= 11 is 0. The van der Waals surface area contributed by atoms with E-state index in [1.54, 1.807) is 18.2 Å². The van der Waals surface area contributed by atoms with Crippen LogP contribution in [0.3, 0.4) is 0 Å². The number of carbonyl (C=O) groups is 1. The fourth-order valence-electron chi connectivity index (χ4n) is 4.24. The molecule has 160 valence electrons. The first-order valence-corrected chi connectivity index (χ1v) is 11.0. The van der Waals surface area contributed by atoms with Crippen LogP contribution in [0, 0.1) is 11.7 Å². The Balaban J connectivity index is 1.23. The largest absolute Gasteiger partial charge is 0.348 e. The number of nitrogens with zero attached hydrogens (tertiary/aromatic N) is 1. The molecule has 3 nitrogen and oxygen atoms in total. The Labute approximate surface area is 183 Å². The minimum atomic E-state index is -0.300. The average molecular weight is 417 g/mol. The van der Waals surface area contributed by atoms with Crippen LogP contribution in [0.1, 0.15) is 39.9 Å². The van der Waals surface area contributed by atoms with Crippen LogP contribution in [-0.2, 0) is 19.5 Å². The summed E-state index contributed by atoms with van der Waals surface area (Å²) in [6, 6.07) is 25.0. The predicted octanol–water partition coefficient (Wildman–Crippen LogP) is 5.21. The Morgan fingerprint density at radius 2 is 1.55 bits per heavy atom. The molecule has 0 bridgehead atoms. The van der Waals surface area contributed by atoms with Crippen LogP contribution in [0.4, 0.5) is 4.39 Å². The molecule has 1 aliphatic heterocycles. The van der Waals surface area contributed by atoms with E-state index in [2.05, 4.69) is 40.5 Å². The van der Waals surface area contributed by atoms with E-state index in [9.17, 15) is 9.18 Å². The molecule has 1 aliphatic rings.